The molecule has 3 heterocycles. The highest BCUT2D eigenvalue weighted by atomic mass is 35.5. The number of hydrogen-bond acceptors (Lipinski definition) is 5. The number of carbonyl (C=O) groups is 2. The van der Waals surface area contributed by atoms with Gasteiger partial charge in [-0.3, -0.25) is 9.59 Å². The number of aliphatic carboxylic acids is 1. The van der Waals surface area contributed by atoms with Crippen molar-refractivity contribution in [3.8, 4) is 0 Å². The third kappa shape index (κ3) is 5.46. The zero-order valence-electron chi connectivity index (χ0n) is 23.6. The summed E-state index contributed by atoms with van der Waals surface area (Å²) in [5.74, 6) is -1.69. The quantitative estimate of drug-likeness (QED) is 0.495. The van der Waals surface area contributed by atoms with Crippen molar-refractivity contribution < 1.29 is 24.5 Å². The molecular formula is C33H39ClN2O5. The van der Waals surface area contributed by atoms with E-state index in [4.69, 9.17) is 16.3 Å². The van der Waals surface area contributed by atoms with Gasteiger partial charge in [0.05, 0.1) is 24.9 Å². The van der Waals surface area contributed by atoms with Gasteiger partial charge in [0, 0.05) is 49.2 Å². The summed E-state index contributed by atoms with van der Waals surface area (Å²) in [5.41, 5.74) is 4.71. The lowest BCUT2D eigenvalue weighted by Gasteiger charge is -2.49. The Labute approximate surface area is 246 Å². The Kier molecular flexibility index (Phi) is 7.77. The van der Waals surface area contributed by atoms with E-state index in [1.165, 1.54) is 11.1 Å². The number of hydrogen-bond donors (Lipinski definition) is 2. The minimum Gasteiger partial charge on any atom is -0.500 e. The maximum Gasteiger partial charge on any atom is 0.311 e. The maximum absolute atomic E-state index is 13.0. The molecule has 1 amide bonds. The second-order valence-corrected chi connectivity index (χ2v) is 12.9. The summed E-state index contributed by atoms with van der Waals surface area (Å²) in [4.78, 5) is 29.6. The standard InChI is InChI=1S/C33H39ClN2O5/c1-35-12-10-23-16-30(37)26-8-6-24(26)18-36-19-33(11-2-4-22-14-25(34)7-9-28(22)33)20-41-13-3-5-21(15-29(23)36)27(32(39)40)17-31(35)38/h3,5,7,9,13-16,24,26-27,30,37H,2,4,6,8,10-12,17-20H2,1H3,(H,39,40)/b13-3?,21-5?,23-16-,29-15-/t24-,26+,27+,30+,33-/m0/s1. The molecule has 1 fully saturated rings. The smallest absolute Gasteiger partial charge is 0.311 e. The van der Waals surface area contributed by atoms with Crippen LogP contribution in [-0.4, -0.2) is 71.3 Å². The molecule has 41 heavy (non-hydrogen) atoms. The molecule has 2 aliphatic carbocycles. The molecule has 1 spiro atoms. The second-order valence-electron chi connectivity index (χ2n) is 12.5. The van der Waals surface area contributed by atoms with Gasteiger partial charge in [0.1, 0.15) is 0 Å². The van der Waals surface area contributed by atoms with E-state index in [-0.39, 0.29) is 23.7 Å². The number of carbonyl (C=O) groups excluding carboxylic acids is 1. The summed E-state index contributed by atoms with van der Waals surface area (Å²) in [7, 11) is 1.73. The van der Waals surface area contributed by atoms with Crippen molar-refractivity contribution in [2.75, 3.05) is 33.3 Å². The lowest BCUT2D eigenvalue weighted by molar-refractivity contribution is -0.144. The SMILES string of the molecule is CN1CCC2=C/[C@@H](O)[C@@H]3CC[C@H]3CN3C[C@@]4(CCCc5cc(Cl)ccc54)COC=CC=C(\C=C\23)[C@H](C(=O)O)CC1=O. The molecule has 0 radical (unpaired) electrons. The number of aliphatic hydroxyl groups is 1. The summed E-state index contributed by atoms with van der Waals surface area (Å²) in [5, 5.41) is 22.3. The van der Waals surface area contributed by atoms with E-state index in [0.717, 1.165) is 54.9 Å². The van der Waals surface area contributed by atoms with Crippen LogP contribution in [0.1, 0.15) is 49.7 Å². The van der Waals surface area contributed by atoms with E-state index in [2.05, 4.69) is 17.0 Å². The first-order valence-corrected chi connectivity index (χ1v) is 15.2. The Morgan fingerprint density at radius 3 is 2.85 bits per heavy atom. The number of benzene rings is 1. The van der Waals surface area contributed by atoms with E-state index in [1.54, 1.807) is 30.4 Å². The molecule has 3 aliphatic heterocycles. The van der Waals surface area contributed by atoms with E-state index in [9.17, 15) is 19.8 Å². The van der Waals surface area contributed by atoms with Gasteiger partial charge in [-0.05, 0) is 96.9 Å². The van der Waals surface area contributed by atoms with Crippen LogP contribution >= 0.6 is 11.6 Å². The van der Waals surface area contributed by atoms with Crippen LogP contribution in [0.2, 0.25) is 5.02 Å². The highest BCUT2D eigenvalue weighted by Gasteiger charge is 2.44. The van der Waals surface area contributed by atoms with Crippen molar-refractivity contribution in [2.45, 2.75) is 56.5 Å². The van der Waals surface area contributed by atoms with Crippen LogP contribution in [-0.2, 0) is 26.2 Å². The van der Waals surface area contributed by atoms with Crippen LogP contribution in [0.3, 0.4) is 0 Å². The van der Waals surface area contributed by atoms with E-state index in [1.807, 2.05) is 18.2 Å². The molecule has 5 aliphatic rings. The van der Waals surface area contributed by atoms with E-state index >= 15 is 0 Å². The molecule has 2 bridgehead atoms. The number of halogens is 1. The number of rotatable bonds is 1. The minimum atomic E-state index is -1.03. The number of carboxylic acid groups (broad SMARTS) is 1. The average molecular weight is 579 g/mol. The molecule has 1 saturated carbocycles. The topological polar surface area (TPSA) is 90.3 Å². The highest BCUT2D eigenvalue weighted by molar-refractivity contribution is 6.30. The van der Waals surface area contributed by atoms with Gasteiger partial charge < -0.3 is 24.7 Å². The molecule has 218 valence electrons. The summed E-state index contributed by atoms with van der Waals surface area (Å²) in [6, 6.07) is 6.22. The van der Waals surface area contributed by atoms with Gasteiger partial charge in [0.2, 0.25) is 5.91 Å². The number of aliphatic hydroxyl groups excluding tert-OH is 1. The van der Waals surface area contributed by atoms with Gasteiger partial charge in [-0.15, -0.1) is 0 Å². The van der Waals surface area contributed by atoms with Crippen LogP contribution in [0.5, 0.6) is 0 Å². The lowest BCUT2D eigenvalue weighted by Crippen LogP contribution is -2.51. The molecule has 8 heteroatoms. The first-order chi connectivity index (χ1) is 19.7. The lowest BCUT2D eigenvalue weighted by atomic mass is 9.67. The number of fused-ring (bicyclic) bond motifs is 4. The molecule has 1 aromatic rings. The fraction of sp³-hybridized carbons (Fsp3) is 0.515. The molecule has 0 saturated heterocycles. The highest BCUT2D eigenvalue weighted by Crippen LogP contribution is 2.45. The predicted molar refractivity (Wildman–Crippen MR) is 157 cm³/mol. The van der Waals surface area contributed by atoms with Crippen molar-refractivity contribution in [2.24, 2.45) is 17.8 Å². The van der Waals surface area contributed by atoms with Crippen molar-refractivity contribution in [3.63, 3.8) is 0 Å². The Bertz CT molecular complexity index is 1350. The summed E-state index contributed by atoms with van der Waals surface area (Å²) >= 11 is 6.43. The zero-order chi connectivity index (χ0) is 28.7. The molecule has 5 atom stereocenters. The Morgan fingerprint density at radius 1 is 1.22 bits per heavy atom. The molecule has 2 N–H and O–H groups in total. The predicted octanol–water partition coefficient (Wildman–Crippen LogP) is 4.85. The average Bonchev–Trinajstić information content (AvgIpc) is 2.94. The molecule has 0 aromatic heterocycles. The van der Waals surface area contributed by atoms with Crippen LogP contribution in [0.4, 0.5) is 0 Å². The van der Waals surface area contributed by atoms with Crippen LogP contribution in [0, 0.1) is 17.8 Å². The zero-order valence-corrected chi connectivity index (χ0v) is 24.4. The van der Waals surface area contributed by atoms with Crippen molar-refractivity contribution in [1.29, 1.82) is 0 Å². The summed E-state index contributed by atoms with van der Waals surface area (Å²) in [6.45, 7) is 2.43. The second kappa shape index (κ2) is 11.3. The van der Waals surface area contributed by atoms with Crippen molar-refractivity contribution in [3.05, 3.63) is 81.8 Å². The third-order valence-electron chi connectivity index (χ3n) is 9.99. The summed E-state index contributed by atoms with van der Waals surface area (Å²) in [6.07, 6.45) is 14.0. The molecule has 0 unspecified atom stereocenters. The maximum atomic E-state index is 13.0. The first kappa shape index (κ1) is 28.1. The molecular weight excluding hydrogens is 540 g/mol. The Hall–Kier alpha value is -3.03. The molecule has 7 nitrogen and oxygen atoms in total. The molecule has 6 rings (SSSR count). The number of amides is 1. The first-order valence-electron chi connectivity index (χ1n) is 14.8. The fourth-order valence-electron chi connectivity index (χ4n) is 7.51. The Morgan fingerprint density at radius 2 is 2.07 bits per heavy atom. The number of ether oxygens (including phenoxy) is 1. The number of aryl methyl sites for hydroxylation is 1. The number of carboxylic acids is 1. The van der Waals surface area contributed by atoms with Gasteiger partial charge >= 0.3 is 5.97 Å². The largest absolute Gasteiger partial charge is 0.500 e. The normalized spacial score (nSPS) is 34.5. The van der Waals surface area contributed by atoms with Crippen LogP contribution in [0.15, 0.2) is 65.6 Å². The van der Waals surface area contributed by atoms with Gasteiger partial charge in [0.25, 0.3) is 0 Å². The van der Waals surface area contributed by atoms with Gasteiger partial charge in [-0.1, -0.05) is 29.8 Å². The van der Waals surface area contributed by atoms with Crippen molar-refractivity contribution >= 4 is 23.5 Å². The number of allylic oxidation sites excluding steroid dienone is 4. The van der Waals surface area contributed by atoms with Gasteiger partial charge in [-0.2, -0.15) is 0 Å². The van der Waals surface area contributed by atoms with Gasteiger partial charge in [0.15, 0.2) is 0 Å². The third-order valence-corrected chi connectivity index (χ3v) is 10.2. The van der Waals surface area contributed by atoms with Crippen LogP contribution in [0.25, 0.3) is 0 Å². The minimum absolute atomic E-state index is 0.111. The van der Waals surface area contributed by atoms with Gasteiger partial charge in [-0.25, -0.2) is 0 Å². The number of nitrogens with zero attached hydrogens (tertiary/aromatic N) is 2. The van der Waals surface area contributed by atoms with Crippen LogP contribution < -0.4 is 0 Å². The van der Waals surface area contributed by atoms with Crippen molar-refractivity contribution in [1.82, 2.24) is 9.80 Å². The van der Waals surface area contributed by atoms with E-state index < -0.39 is 18.0 Å². The summed E-state index contributed by atoms with van der Waals surface area (Å²) < 4.78 is 6.23. The Balaban J connectivity index is 1.54. The fourth-order valence-corrected chi connectivity index (χ4v) is 7.70. The van der Waals surface area contributed by atoms with E-state index in [0.29, 0.717) is 37.6 Å². The monoisotopic (exact) mass is 578 g/mol. The molecule has 1 aromatic carbocycles.